The Labute approximate surface area is 85.7 Å². The molecular formula is C11H18N2O. The van der Waals surface area contributed by atoms with Crippen molar-refractivity contribution in [1.29, 1.82) is 5.26 Å². The fourth-order valence-electron chi connectivity index (χ4n) is 1.96. The third-order valence-corrected chi connectivity index (χ3v) is 2.79. The molecule has 0 bridgehead atoms. The lowest BCUT2D eigenvalue weighted by Gasteiger charge is -2.23. The lowest BCUT2D eigenvalue weighted by molar-refractivity contribution is -0.129. The molecule has 1 atom stereocenters. The van der Waals surface area contributed by atoms with E-state index >= 15 is 0 Å². The summed E-state index contributed by atoms with van der Waals surface area (Å²) in [7, 11) is 0. The number of nitrogens with zero attached hydrogens (tertiary/aromatic N) is 2. The number of likely N-dealkylation sites (tertiary alicyclic amines) is 1. The quantitative estimate of drug-likeness (QED) is 0.672. The summed E-state index contributed by atoms with van der Waals surface area (Å²) >= 11 is 0. The van der Waals surface area contributed by atoms with Gasteiger partial charge in [0.2, 0.25) is 5.91 Å². The minimum Gasteiger partial charge on any atom is -0.340 e. The number of nitriles is 1. The van der Waals surface area contributed by atoms with Gasteiger partial charge in [-0.1, -0.05) is 13.3 Å². The zero-order chi connectivity index (χ0) is 10.4. The molecule has 1 amide bonds. The number of unbranched alkanes of at least 4 members (excludes halogenated alkanes) is 1. The molecule has 0 unspecified atom stereocenters. The number of rotatable bonds is 5. The van der Waals surface area contributed by atoms with Crippen LogP contribution in [0.1, 0.15) is 45.4 Å². The third kappa shape index (κ3) is 2.73. The van der Waals surface area contributed by atoms with E-state index in [4.69, 9.17) is 5.26 Å². The van der Waals surface area contributed by atoms with Gasteiger partial charge in [0.15, 0.2) is 0 Å². The molecule has 78 valence electrons. The summed E-state index contributed by atoms with van der Waals surface area (Å²) in [6.45, 7) is 3.01. The van der Waals surface area contributed by atoms with Crippen molar-refractivity contribution in [1.82, 2.24) is 4.90 Å². The molecule has 1 saturated heterocycles. The lowest BCUT2D eigenvalue weighted by Crippen LogP contribution is -2.33. The smallest absolute Gasteiger partial charge is 0.222 e. The van der Waals surface area contributed by atoms with Crippen LogP contribution in [0.4, 0.5) is 0 Å². The number of amides is 1. The lowest BCUT2D eigenvalue weighted by atomic mass is 10.1. The Morgan fingerprint density at radius 1 is 1.64 bits per heavy atom. The third-order valence-electron chi connectivity index (χ3n) is 2.79. The molecule has 1 fully saturated rings. The average molecular weight is 194 g/mol. The highest BCUT2D eigenvalue weighted by molar-refractivity contribution is 5.78. The van der Waals surface area contributed by atoms with Gasteiger partial charge in [-0.3, -0.25) is 4.79 Å². The first-order valence-electron chi connectivity index (χ1n) is 5.46. The van der Waals surface area contributed by atoms with Crippen molar-refractivity contribution in [3.8, 4) is 6.07 Å². The number of hydrogen-bond donors (Lipinski definition) is 0. The van der Waals surface area contributed by atoms with E-state index in [-0.39, 0.29) is 5.91 Å². The Balaban J connectivity index is 2.41. The van der Waals surface area contributed by atoms with Gasteiger partial charge in [-0.05, 0) is 19.3 Å². The molecule has 1 aliphatic heterocycles. The van der Waals surface area contributed by atoms with Crippen molar-refractivity contribution in [3.05, 3.63) is 0 Å². The number of hydrogen-bond acceptors (Lipinski definition) is 2. The maximum atomic E-state index is 11.5. The molecule has 0 aromatic heterocycles. The van der Waals surface area contributed by atoms with E-state index in [0.29, 0.717) is 18.9 Å². The summed E-state index contributed by atoms with van der Waals surface area (Å²) in [5.74, 6) is 0.279. The van der Waals surface area contributed by atoms with Crippen molar-refractivity contribution < 1.29 is 4.79 Å². The SMILES string of the molecule is CCCCN1C(=O)CC[C@@H]1CCC#N. The minimum absolute atomic E-state index is 0.279. The Kier molecular flexibility index (Phi) is 4.45. The highest BCUT2D eigenvalue weighted by Gasteiger charge is 2.29. The van der Waals surface area contributed by atoms with Gasteiger partial charge in [-0.25, -0.2) is 0 Å². The first-order valence-corrected chi connectivity index (χ1v) is 5.46. The Hall–Kier alpha value is -1.04. The van der Waals surface area contributed by atoms with Crippen molar-refractivity contribution in [3.63, 3.8) is 0 Å². The highest BCUT2D eigenvalue weighted by Crippen LogP contribution is 2.22. The molecule has 3 nitrogen and oxygen atoms in total. The van der Waals surface area contributed by atoms with Crippen LogP contribution in [0.2, 0.25) is 0 Å². The van der Waals surface area contributed by atoms with Crippen LogP contribution in [-0.2, 0) is 4.79 Å². The van der Waals surface area contributed by atoms with E-state index in [1.54, 1.807) is 0 Å². The maximum Gasteiger partial charge on any atom is 0.222 e. The molecule has 0 saturated carbocycles. The minimum atomic E-state index is 0.279. The molecule has 14 heavy (non-hydrogen) atoms. The van der Waals surface area contributed by atoms with Crippen LogP contribution in [0, 0.1) is 11.3 Å². The van der Waals surface area contributed by atoms with Crippen molar-refractivity contribution in [2.75, 3.05) is 6.54 Å². The van der Waals surface area contributed by atoms with Gasteiger partial charge in [0.25, 0.3) is 0 Å². The van der Waals surface area contributed by atoms with Crippen LogP contribution in [-0.4, -0.2) is 23.4 Å². The molecule has 0 radical (unpaired) electrons. The molecule has 0 aromatic rings. The first kappa shape index (κ1) is 11.0. The Morgan fingerprint density at radius 2 is 2.43 bits per heavy atom. The van der Waals surface area contributed by atoms with Crippen molar-refractivity contribution >= 4 is 5.91 Å². The van der Waals surface area contributed by atoms with E-state index in [2.05, 4.69) is 13.0 Å². The summed E-state index contributed by atoms with van der Waals surface area (Å²) in [6, 6.07) is 2.49. The van der Waals surface area contributed by atoms with Crippen LogP contribution in [0.25, 0.3) is 0 Å². The maximum absolute atomic E-state index is 11.5. The molecule has 0 aromatic carbocycles. The van der Waals surface area contributed by atoms with E-state index in [0.717, 1.165) is 32.2 Å². The van der Waals surface area contributed by atoms with Gasteiger partial charge in [-0.2, -0.15) is 5.26 Å². The van der Waals surface area contributed by atoms with Crippen molar-refractivity contribution in [2.24, 2.45) is 0 Å². The van der Waals surface area contributed by atoms with Crippen LogP contribution >= 0.6 is 0 Å². The van der Waals surface area contributed by atoms with Crippen LogP contribution in [0.15, 0.2) is 0 Å². The van der Waals surface area contributed by atoms with Crippen LogP contribution < -0.4 is 0 Å². The molecule has 0 spiro atoms. The second kappa shape index (κ2) is 5.64. The first-order chi connectivity index (χ1) is 6.79. The molecule has 1 rings (SSSR count). The van der Waals surface area contributed by atoms with Gasteiger partial charge in [0.05, 0.1) is 6.07 Å². The second-order valence-electron chi connectivity index (χ2n) is 3.83. The zero-order valence-corrected chi connectivity index (χ0v) is 8.83. The van der Waals surface area contributed by atoms with E-state index in [1.165, 1.54) is 0 Å². The summed E-state index contributed by atoms with van der Waals surface area (Å²) in [6.07, 6.45) is 5.25. The molecule has 1 heterocycles. The molecule has 0 aliphatic carbocycles. The predicted octanol–water partition coefficient (Wildman–Crippen LogP) is 2.08. The summed E-state index contributed by atoms with van der Waals surface area (Å²) in [5.41, 5.74) is 0. The summed E-state index contributed by atoms with van der Waals surface area (Å²) in [4.78, 5) is 13.5. The van der Waals surface area contributed by atoms with E-state index in [9.17, 15) is 4.79 Å². The fraction of sp³-hybridized carbons (Fsp3) is 0.818. The summed E-state index contributed by atoms with van der Waals surface area (Å²) in [5, 5.41) is 8.50. The molecule has 1 aliphatic rings. The average Bonchev–Trinajstić information content (AvgIpc) is 2.53. The van der Waals surface area contributed by atoms with Crippen LogP contribution in [0.3, 0.4) is 0 Å². The largest absolute Gasteiger partial charge is 0.340 e. The standard InChI is InChI=1S/C11H18N2O/c1-2-3-9-13-10(5-4-8-12)6-7-11(13)14/h10H,2-7,9H2,1H3/t10-/m0/s1. The second-order valence-corrected chi connectivity index (χ2v) is 3.83. The normalized spacial score (nSPS) is 21.3. The monoisotopic (exact) mass is 194 g/mol. The van der Waals surface area contributed by atoms with Crippen LogP contribution in [0.5, 0.6) is 0 Å². The van der Waals surface area contributed by atoms with Gasteiger partial charge in [0, 0.05) is 25.4 Å². The Morgan fingerprint density at radius 3 is 3.07 bits per heavy atom. The zero-order valence-electron chi connectivity index (χ0n) is 8.83. The molecular weight excluding hydrogens is 176 g/mol. The molecule has 0 N–H and O–H groups in total. The highest BCUT2D eigenvalue weighted by atomic mass is 16.2. The molecule has 3 heteroatoms. The van der Waals surface area contributed by atoms with Crippen molar-refractivity contribution in [2.45, 2.75) is 51.5 Å². The van der Waals surface area contributed by atoms with Gasteiger partial charge < -0.3 is 4.90 Å². The van der Waals surface area contributed by atoms with Gasteiger partial charge in [-0.15, -0.1) is 0 Å². The Bertz CT molecular complexity index is 232. The van der Waals surface area contributed by atoms with E-state index < -0.39 is 0 Å². The van der Waals surface area contributed by atoms with Gasteiger partial charge >= 0.3 is 0 Å². The van der Waals surface area contributed by atoms with E-state index in [1.807, 2.05) is 4.90 Å². The summed E-state index contributed by atoms with van der Waals surface area (Å²) < 4.78 is 0. The fourth-order valence-corrected chi connectivity index (χ4v) is 1.96. The van der Waals surface area contributed by atoms with Gasteiger partial charge in [0.1, 0.15) is 0 Å². The number of carbonyl (C=O) groups excluding carboxylic acids is 1. The topological polar surface area (TPSA) is 44.1 Å². The predicted molar refractivity (Wildman–Crippen MR) is 54.5 cm³/mol. The number of carbonyl (C=O) groups is 1.